The first-order valence-corrected chi connectivity index (χ1v) is 7.62. The Balaban J connectivity index is 1.80. The van der Waals surface area contributed by atoms with Crippen molar-refractivity contribution in [2.24, 2.45) is 17.8 Å². The van der Waals surface area contributed by atoms with Crippen LogP contribution in [-0.4, -0.2) is 46.2 Å². The molecule has 5 nitrogen and oxygen atoms in total. The molecule has 3 rings (SSSR count). The number of ether oxygens (including phenoxy) is 1. The number of rotatable bonds is 2. The Hall–Kier alpha value is -1.10. The van der Waals surface area contributed by atoms with Crippen LogP contribution in [0, 0.1) is 17.8 Å². The van der Waals surface area contributed by atoms with E-state index in [4.69, 9.17) is 4.74 Å². The van der Waals surface area contributed by atoms with Crippen molar-refractivity contribution in [1.29, 1.82) is 0 Å². The molecule has 0 saturated carbocycles. The van der Waals surface area contributed by atoms with E-state index < -0.39 is 5.97 Å². The number of carbonyl (C=O) groups excluding carboxylic acids is 1. The highest BCUT2D eigenvalue weighted by Crippen LogP contribution is 2.44. The van der Waals surface area contributed by atoms with Gasteiger partial charge in [0.1, 0.15) is 0 Å². The molecule has 3 heterocycles. The minimum atomic E-state index is -0.757. The third-order valence-corrected chi connectivity index (χ3v) is 5.64. The van der Waals surface area contributed by atoms with Crippen LogP contribution in [0.3, 0.4) is 0 Å². The zero-order valence-electron chi connectivity index (χ0n) is 12.3. The maximum absolute atomic E-state index is 12.9. The molecule has 0 aliphatic carbocycles. The molecular formula is C15H23NO4. The number of hydrogen-bond acceptors (Lipinski definition) is 3. The van der Waals surface area contributed by atoms with Crippen molar-refractivity contribution in [3.8, 4) is 0 Å². The standard InChI is InChI=1S/C15H23NO4/c1-7-8(2)20-9(3)13(7)14(17)16-10-4-5-12(16)11(6-10)15(18)19/h7-13H,4-6H2,1-3H3,(H,18,19). The van der Waals surface area contributed by atoms with Crippen LogP contribution < -0.4 is 0 Å². The van der Waals surface area contributed by atoms with Gasteiger partial charge < -0.3 is 14.7 Å². The summed E-state index contributed by atoms with van der Waals surface area (Å²) < 4.78 is 5.77. The van der Waals surface area contributed by atoms with E-state index in [1.54, 1.807) is 0 Å². The van der Waals surface area contributed by atoms with Crippen LogP contribution >= 0.6 is 0 Å². The van der Waals surface area contributed by atoms with Gasteiger partial charge in [0.05, 0.1) is 24.0 Å². The number of carboxylic acids is 1. The number of nitrogens with zero attached hydrogens (tertiary/aromatic N) is 1. The van der Waals surface area contributed by atoms with Crippen molar-refractivity contribution >= 4 is 11.9 Å². The van der Waals surface area contributed by atoms with Crippen molar-refractivity contribution < 1.29 is 19.4 Å². The van der Waals surface area contributed by atoms with Gasteiger partial charge in [0.2, 0.25) is 5.91 Å². The predicted octanol–water partition coefficient (Wildman–Crippen LogP) is 1.51. The summed E-state index contributed by atoms with van der Waals surface area (Å²) in [4.78, 5) is 26.1. The average Bonchev–Trinajstić information content (AvgIpc) is 3.01. The number of carboxylic acid groups (broad SMARTS) is 1. The Morgan fingerprint density at radius 3 is 2.35 bits per heavy atom. The number of amides is 1. The molecule has 3 saturated heterocycles. The maximum atomic E-state index is 12.9. The van der Waals surface area contributed by atoms with Gasteiger partial charge in [-0.15, -0.1) is 0 Å². The summed E-state index contributed by atoms with van der Waals surface area (Å²) in [5.74, 6) is -0.942. The molecular weight excluding hydrogens is 258 g/mol. The van der Waals surface area contributed by atoms with Crippen molar-refractivity contribution in [1.82, 2.24) is 4.90 Å². The van der Waals surface area contributed by atoms with Crippen LogP contribution in [-0.2, 0) is 14.3 Å². The van der Waals surface area contributed by atoms with E-state index in [1.807, 2.05) is 18.7 Å². The molecule has 1 amide bonds. The van der Waals surface area contributed by atoms with Crippen molar-refractivity contribution in [2.45, 2.75) is 64.3 Å². The van der Waals surface area contributed by atoms with Crippen molar-refractivity contribution in [2.75, 3.05) is 0 Å². The Morgan fingerprint density at radius 1 is 1.15 bits per heavy atom. The van der Waals surface area contributed by atoms with Gasteiger partial charge in [-0.3, -0.25) is 9.59 Å². The number of carbonyl (C=O) groups is 2. The zero-order valence-corrected chi connectivity index (χ0v) is 12.3. The van der Waals surface area contributed by atoms with Gasteiger partial charge in [-0.05, 0) is 39.0 Å². The number of hydrogen-bond donors (Lipinski definition) is 1. The summed E-state index contributed by atoms with van der Waals surface area (Å²) in [6.45, 7) is 6.02. The minimum Gasteiger partial charge on any atom is -0.481 e. The van der Waals surface area contributed by atoms with E-state index in [0.29, 0.717) is 6.42 Å². The molecule has 5 heteroatoms. The lowest BCUT2D eigenvalue weighted by atomic mass is 9.88. The van der Waals surface area contributed by atoms with Gasteiger partial charge in [0, 0.05) is 12.1 Å². The topological polar surface area (TPSA) is 66.8 Å². The molecule has 7 atom stereocenters. The Kier molecular flexibility index (Phi) is 3.27. The predicted molar refractivity (Wildman–Crippen MR) is 72.1 cm³/mol. The summed E-state index contributed by atoms with van der Waals surface area (Å²) in [5.41, 5.74) is 0. The fourth-order valence-corrected chi connectivity index (χ4v) is 4.46. The zero-order chi connectivity index (χ0) is 14.6. The number of aliphatic carboxylic acids is 1. The Labute approximate surface area is 119 Å². The highest BCUT2D eigenvalue weighted by atomic mass is 16.5. The lowest BCUT2D eigenvalue weighted by Gasteiger charge is -2.29. The van der Waals surface area contributed by atoms with Gasteiger partial charge in [-0.25, -0.2) is 0 Å². The minimum absolute atomic E-state index is 0.0734. The molecule has 0 aromatic heterocycles. The van der Waals surface area contributed by atoms with E-state index in [1.165, 1.54) is 0 Å². The molecule has 0 aromatic rings. The largest absolute Gasteiger partial charge is 0.481 e. The SMILES string of the molecule is CC1OC(C)C(C(=O)N2C3CCC2C(C(=O)O)C3)C1C. The molecule has 20 heavy (non-hydrogen) atoms. The molecule has 3 aliphatic rings. The lowest BCUT2D eigenvalue weighted by Crippen LogP contribution is -2.44. The molecule has 1 N–H and O–H groups in total. The Bertz CT molecular complexity index is 438. The highest BCUT2D eigenvalue weighted by molar-refractivity contribution is 5.83. The molecule has 3 fully saturated rings. The second kappa shape index (κ2) is 4.72. The van der Waals surface area contributed by atoms with E-state index in [-0.39, 0.29) is 48.0 Å². The van der Waals surface area contributed by atoms with Crippen LogP contribution in [0.15, 0.2) is 0 Å². The van der Waals surface area contributed by atoms with Crippen molar-refractivity contribution in [3.05, 3.63) is 0 Å². The van der Waals surface area contributed by atoms with Gasteiger partial charge >= 0.3 is 5.97 Å². The van der Waals surface area contributed by atoms with Crippen LogP contribution in [0.5, 0.6) is 0 Å². The third kappa shape index (κ3) is 1.86. The molecule has 0 spiro atoms. The van der Waals surface area contributed by atoms with Crippen LogP contribution in [0.4, 0.5) is 0 Å². The first-order chi connectivity index (χ1) is 9.41. The fraction of sp³-hybridized carbons (Fsp3) is 0.867. The normalized spacial score (nSPS) is 47.0. The maximum Gasteiger partial charge on any atom is 0.308 e. The average molecular weight is 281 g/mol. The summed E-state index contributed by atoms with van der Waals surface area (Å²) >= 11 is 0. The molecule has 112 valence electrons. The molecule has 0 aromatic carbocycles. The van der Waals surface area contributed by atoms with Crippen LogP contribution in [0.25, 0.3) is 0 Å². The van der Waals surface area contributed by atoms with E-state index in [0.717, 1.165) is 12.8 Å². The lowest BCUT2D eigenvalue weighted by molar-refractivity contribution is -0.144. The van der Waals surface area contributed by atoms with E-state index in [9.17, 15) is 14.7 Å². The summed E-state index contributed by atoms with van der Waals surface area (Å²) in [6.07, 6.45) is 2.42. The second-order valence-corrected chi connectivity index (χ2v) is 6.66. The summed E-state index contributed by atoms with van der Waals surface area (Å²) in [7, 11) is 0. The smallest absolute Gasteiger partial charge is 0.308 e. The summed E-state index contributed by atoms with van der Waals surface area (Å²) in [5, 5.41) is 9.28. The van der Waals surface area contributed by atoms with E-state index in [2.05, 4.69) is 6.92 Å². The van der Waals surface area contributed by atoms with Gasteiger partial charge in [0.25, 0.3) is 0 Å². The molecule has 2 bridgehead atoms. The highest BCUT2D eigenvalue weighted by Gasteiger charge is 2.54. The fourth-order valence-electron chi connectivity index (χ4n) is 4.46. The van der Waals surface area contributed by atoms with Crippen LogP contribution in [0.2, 0.25) is 0 Å². The number of fused-ring (bicyclic) bond motifs is 2. The van der Waals surface area contributed by atoms with Crippen LogP contribution in [0.1, 0.15) is 40.0 Å². The van der Waals surface area contributed by atoms with Gasteiger partial charge in [0.15, 0.2) is 0 Å². The van der Waals surface area contributed by atoms with Crippen molar-refractivity contribution in [3.63, 3.8) is 0 Å². The quantitative estimate of drug-likeness (QED) is 0.833. The molecule has 7 unspecified atom stereocenters. The Morgan fingerprint density at radius 2 is 1.85 bits per heavy atom. The van der Waals surface area contributed by atoms with Gasteiger partial charge in [-0.1, -0.05) is 6.92 Å². The monoisotopic (exact) mass is 281 g/mol. The molecule has 3 aliphatic heterocycles. The summed E-state index contributed by atoms with van der Waals surface area (Å²) in [6, 6.07) is 0.0317. The van der Waals surface area contributed by atoms with Gasteiger partial charge in [-0.2, -0.15) is 0 Å². The third-order valence-electron chi connectivity index (χ3n) is 5.64. The molecule has 0 radical (unpaired) electrons. The first kappa shape index (κ1) is 13.9. The first-order valence-electron chi connectivity index (χ1n) is 7.62. The van der Waals surface area contributed by atoms with E-state index >= 15 is 0 Å². The second-order valence-electron chi connectivity index (χ2n) is 6.66.